The molecule has 5 heteroatoms. The molecule has 1 unspecified atom stereocenters. The average molecular weight is 658 g/mol. The van der Waals surface area contributed by atoms with Crippen LogP contribution in [0.2, 0.25) is 0 Å². The summed E-state index contributed by atoms with van der Waals surface area (Å²) in [7, 11) is 0. The predicted octanol–water partition coefficient (Wildman–Crippen LogP) is 11.9. The molecule has 4 nitrogen and oxygen atoms in total. The van der Waals surface area contributed by atoms with Gasteiger partial charge in [-0.05, 0) is 80.3 Å². The number of hydrogen-bond acceptors (Lipinski definition) is 5. The molecule has 1 N–H and O–H groups in total. The number of hydrogen-bond donors (Lipinski definition) is 1. The van der Waals surface area contributed by atoms with Crippen molar-refractivity contribution in [3.05, 3.63) is 168 Å². The SMILES string of the molecule is c1ccc2c(c1)ccc1c3ccc(C4=NC(c5ccc6sc7ccccc7c6c5)N=C(c5ccc6c(c5)oc5ccccc56)N4)cc3ccc21. The van der Waals surface area contributed by atoms with Crippen molar-refractivity contribution in [2.45, 2.75) is 6.17 Å². The number of fused-ring (bicyclic) bond motifs is 11. The number of nitrogens with zero attached hydrogens (tertiary/aromatic N) is 2. The Morgan fingerprint density at radius 2 is 1.06 bits per heavy atom. The van der Waals surface area contributed by atoms with Crippen LogP contribution in [0.4, 0.5) is 0 Å². The van der Waals surface area contributed by atoms with Gasteiger partial charge in [0.15, 0.2) is 6.17 Å². The fourth-order valence-corrected chi connectivity index (χ4v) is 8.73. The van der Waals surface area contributed by atoms with Crippen molar-refractivity contribution in [3.8, 4) is 0 Å². The lowest BCUT2D eigenvalue weighted by molar-refractivity contribution is 0.668. The summed E-state index contributed by atoms with van der Waals surface area (Å²) in [5.41, 5.74) is 4.74. The molecule has 1 aliphatic heterocycles. The summed E-state index contributed by atoms with van der Waals surface area (Å²) in [4.78, 5) is 10.5. The van der Waals surface area contributed by atoms with Gasteiger partial charge in [-0.15, -0.1) is 11.3 Å². The van der Waals surface area contributed by atoms with Gasteiger partial charge >= 0.3 is 0 Å². The number of nitrogens with one attached hydrogen (secondary N) is 1. The first-order valence-electron chi connectivity index (χ1n) is 16.8. The zero-order valence-corrected chi connectivity index (χ0v) is 27.5. The second kappa shape index (κ2) is 10.6. The molecule has 3 heterocycles. The third-order valence-corrected chi connectivity index (χ3v) is 11.3. The lowest BCUT2D eigenvalue weighted by Crippen LogP contribution is -2.36. The minimum Gasteiger partial charge on any atom is -0.456 e. The third-order valence-electron chi connectivity index (χ3n) is 10.1. The molecule has 0 saturated carbocycles. The van der Waals surface area contributed by atoms with Crippen molar-refractivity contribution in [1.29, 1.82) is 0 Å². The van der Waals surface area contributed by atoms with E-state index in [2.05, 4.69) is 139 Å². The van der Waals surface area contributed by atoms with Gasteiger partial charge in [-0.2, -0.15) is 0 Å². The monoisotopic (exact) mass is 657 g/mol. The van der Waals surface area contributed by atoms with Crippen LogP contribution in [0.15, 0.2) is 166 Å². The Hall–Kier alpha value is -6.30. The van der Waals surface area contributed by atoms with Crippen molar-refractivity contribution < 1.29 is 4.42 Å². The molecule has 50 heavy (non-hydrogen) atoms. The fraction of sp³-hybridized carbons (Fsp3) is 0.0222. The molecule has 0 saturated heterocycles. The third kappa shape index (κ3) is 4.24. The maximum Gasteiger partial charge on any atom is 0.169 e. The number of benzene rings is 8. The Kier molecular flexibility index (Phi) is 5.86. The molecule has 8 aromatic carbocycles. The van der Waals surface area contributed by atoms with E-state index in [-0.39, 0.29) is 0 Å². The first kappa shape index (κ1) is 27.6. The van der Waals surface area contributed by atoms with Crippen molar-refractivity contribution in [3.63, 3.8) is 0 Å². The van der Waals surface area contributed by atoms with Crippen LogP contribution in [0.25, 0.3) is 74.4 Å². The molecule has 1 aliphatic rings. The van der Waals surface area contributed by atoms with Gasteiger partial charge in [-0.3, -0.25) is 0 Å². The van der Waals surface area contributed by atoms with Crippen molar-refractivity contribution in [2.24, 2.45) is 9.98 Å². The van der Waals surface area contributed by atoms with Gasteiger partial charge in [0.25, 0.3) is 0 Å². The maximum atomic E-state index is 6.29. The van der Waals surface area contributed by atoms with E-state index in [1.165, 1.54) is 52.5 Å². The molecule has 11 rings (SSSR count). The molecule has 0 fully saturated rings. The van der Waals surface area contributed by atoms with Crippen molar-refractivity contribution in [2.75, 3.05) is 0 Å². The number of amidine groups is 2. The van der Waals surface area contributed by atoms with Gasteiger partial charge in [0, 0.05) is 42.1 Å². The number of furan rings is 1. The van der Waals surface area contributed by atoms with Crippen LogP contribution in [0.5, 0.6) is 0 Å². The van der Waals surface area contributed by atoms with E-state index in [1.807, 2.05) is 29.5 Å². The van der Waals surface area contributed by atoms with E-state index >= 15 is 0 Å². The van der Waals surface area contributed by atoms with Gasteiger partial charge < -0.3 is 9.73 Å². The van der Waals surface area contributed by atoms with Crippen LogP contribution in [-0.4, -0.2) is 11.7 Å². The quantitative estimate of drug-likeness (QED) is 0.192. The number of aliphatic imine (C=N–C) groups is 2. The highest BCUT2D eigenvalue weighted by Gasteiger charge is 2.23. The standard InChI is InChI=1S/C45H27N3OS/c1-2-8-31-26(7-1)13-19-34-32-18-15-28(23-27(32)14-20-33(31)34)43-46-44(29-17-22-42-38(24-29)37-10-4-6-12-41(37)50-42)48-45(47-43)30-16-21-36-35-9-3-5-11-39(35)49-40(36)25-30/h1-25,44H,(H,46,47,48). The second-order valence-corrected chi connectivity index (χ2v) is 14.1. The largest absolute Gasteiger partial charge is 0.456 e. The van der Waals surface area contributed by atoms with Gasteiger partial charge in [0.05, 0.1) is 0 Å². The number of rotatable bonds is 3. The smallest absolute Gasteiger partial charge is 0.169 e. The molecule has 234 valence electrons. The lowest BCUT2D eigenvalue weighted by Gasteiger charge is -2.23. The average Bonchev–Trinajstić information content (AvgIpc) is 3.75. The van der Waals surface area contributed by atoms with E-state index in [9.17, 15) is 0 Å². The topological polar surface area (TPSA) is 49.9 Å². The molecule has 0 spiro atoms. The zero-order chi connectivity index (χ0) is 32.8. The molecule has 2 aromatic heterocycles. The zero-order valence-electron chi connectivity index (χ0n) is 26.7. The van der Waals surface area contributed by atoms with E-state index in [0.717, 1.165) is 50.3 Å². The molecule has 0 bridgehead atoms. The summed E-state index contributed by atoms with van der Waals surface area (Å²) in [6.07, 6.45) is -0.422. The molecule has 0 aliphatic carbocycles. The Labute approximate surface area is 290 Å². The van der Waals surface area contributed by atoms with Gasteiger partial charge in [0.1, 0.15) is 22.8 Å². The van der Waals surface area contributed by atoms with Crippen LogP contribution in [-0.2, 0) is 0 Å². The van der Waals surface area contributed by atoms with E-state index in [0.29, 0.717) is 0 Å². The first-order valence-corrected chi connectivity index (χ1v) is 17.7. The summed E-state index contributed by atoms with van der Waals surface area (Å²) < 4.78 is 8.84. The van der Waals surface area contributed by atoms with Crippen molar-refractivity contribution in [1.82, 2.24) is 5.32 Å². The van der Waals surface area contributed by atoms with E-state index in [4.69, 9.17) is 14.4 Å². The summed E-state index contributed by atoms with van der Waals surface area (Å²) in [6.45, 7) is 0. The second-order valence-electron chi connectivity index (χ2n) is 13.0. The molecule has 0 radical (unpaired) electrons. The van der Waals surface area contributed by atoms with Crippen molar-refractivity contribution >= 4 is 97.4 Å². The van der Waals surface area contributed by atoms with E-state index in [1.54, 1.807) is 0 Å². The van der Waals surface area contributed by atoms with Crippen LogP contribution in [0.3, 0.4) is 0 Å². The Morgan fingerprint density at radius 1 is 0.440 bits per heavy atom. The summed E-state index contributed by atoms with van der Waals surface area (Å²) in [5, 5.41) is 15.8. The summed E-state index contributed by atoms with van der Waals surface area (Å²) >= 11 is 1.82. The minimum absolute atomic E-state index is 0.422. The van der Waals surface area contributed by atoms with Crippen LogP contribution in [0, 0.1) is 0 Å². The Morgan fingerprint density at radius 3 is 1.92 bits per heavy atom. The summed E-state index contributed by atoms with van der Waals surface area (Å²) in [6, 6.07) is 54.0. The van der Waals surface area contributed by atoms with Gasteiger partial charge in [0.2, 0.25) is 0 Å². The van der Waals surface area contributed by atoms with Gasteiger partial charge in [-0.1, -0.05) is 109 Å². The van der Waals surface area contributed by atoms with Gasteiger partial charge in [-0.25, -0.2) is 9.98 Å². The Balaban J connectivity index is 1.06. The highest BCUT2D eigenvalue weighted by molar-refractivity contribution is 7.25. The first-order chi connectivity index (χ1) is 24.7. The molecule has 1 atom stereocenters. The van der Waals surface area contributed by atoms with E-state index < -0.39 is 6.17 Å². The van der Waals surface area contributed by atoms with Crippen LogP contribution >= 0.6 is 11.3 Å². The fourth-order valence-electron chi connectivity index (χ4n) is 7.65. The number of thiophene rings is 1. The molecule has 0 amide bonds. The maximum absolute atomic E-state index is 6.29. The summed E-state index contributed by atoms with van der Waals surface area (Å²) in [5.74, 6) is 1.56. The van der Waals surface area contributed by atoms with Crippen LogP contribution in [0.1, 0.15) is 22.9 Å². The minimum atomic E-state index is -0.422. The molecular formula is C45H27N3OS. The highest BCUT2D eigenvalue weighted by Crippen LogP contribution is 2.37. The predicted molar refractivity (Wildman–Crippen MR) is 211 cm³/mol. The normalized spacial score (nSPS) is 15.0. The highest BCUT2D eigenvalue weighted by atomic mass is 32.1. The molecule has 10 aromatic rings. The number of para-hydroxylation sites is 1. The Bertz CT molecular complexity index is 3090. The molecular weight excluding hydrogens is 631 g/mol. The van der Waals surface area contributed by atoms with Crippen LogP contribution < -0.4 is 5.32 Å². The lowest BCUT2D eigenvalue weighted by atomic mass is 9.96.